The van der Waals surface area contributed by atoms with Crippen LogP contribution in [0.25, 0.3) is 11.0 Å². The van der Waals surface area contributed by atoms with Crippen LogP contribution in [0, 0.1) is 5.82 Å². The Morgan fingerprint density at radius 2 is 2.03 bits per heavy atom. The number of hydrogen-bond donors (Lipinski definition) is 1. The van der Waals surface area contributed by atoms with E-state index in [2.05, 4.69) is 15.2 Å². The van der Waals surface area contributed by atoms with Crippen molar-refractivity contribution in [1.82, 2.24) is 10.1 Å². The predicted octanol–water partition coefficient (Wildman–Crippen LogP) is 4.82. The summed E-state index contributed by atoms with van der Waals surface area (Å²) in [5.74, 6) is 1.32. The van der Waals surface area contributed by atoms with Gasteiger partial charge < -0.3 is 24.1 Å². The van der Waals surface area contributed by atoms with Crippen LogP contribution < -0.4 is 9.47 Å². The molecule has 0 amide bonds. The van der Waals surface area contributed by atoms with E-state index in [0.717, 1.165) is 55.5 Å². The van der Waals surface area contributed by atoms with Crippen molar-refractivity contribution in [2.75, 3.05) is 33.4 Å². The highest BCUT2D eigenvalue weighted by atomic mass is 19.1. The van der Waals surface area contributed by atoms with Gasteiger partial charge in [-0.15, -0.1) is 0 Å². The van der Waals surface area contributed by atoms with Crippen LogP contribution in [0.2, 0.25) is 0 Å². The second-order valence-electron chi connectivity index (χ2n) is 8.08. The number of aromatic nitrogens is 1. The van der Waals surface area contributed by atoms with Crippen molar-refractivity contribution in [3.05, 3.63) is 53.5 Å². The smallest absolute Gasteiger partial charge is 0.170 e. The molecule has 1 N–H and O–H groups in total. The van der Waals surface area contributed by atoms with Crippen molar-refractivity contribution < 1.29 is 23.6 Å². The normalized spacial score (nSPS) is 15.9. The number of piperidine rings is 1. The topological polar surface area (TPSA) is 80.3 Å². The first kappa shape index (κ1) is 22.1. The highest BCUT2D eigenvalue weighted by Crippen LogP contribution is 2.33. The van der Waals surface area contributed by atoms with Crippen LogP contribution in [0.15, 0.2) is 46.1 Å². The molecule has 0 unspecified atom stereocenters. The molecule has 0 radical (unpaired) electrons. The maximum absolute atomic E-state index is 13.4. The van der Waals surface area contributed by atoms with Gasteiger partial charge in [-0.2, -0.15) is 0 Å². The van der Waals surface area contributed by atoms with E-state index in [1.54, 1.807) is 26.2 Å². The summed E-state index contributed by atoms with van der Waals surface area (Å²) in [5, 5.41) is 17.3. The number of likely N-dealkylation sites (tertiary alicyclic amines) is 1. The zero-order valence-electron chi connectivity index (χ0n) is 18.4. The molecule has 4 rings (SSSR count). The summed E-state index contributed by atoms with van der Waals surface area (Å²) in [7, 11) is 1.59. The molecule has 2 aromatic carbocycles. The van der Waals surface area contributed by atoms with Crippen molar-refractivity contribution in [3.63, 3.8) is 0 Å². The third kappa shape index (κ3) is 4.85. The average Bonchev–Trinajstić information content (AvgIpc) is 3.24. The van der Waals surface area contributed by atoms with Crippen LogP contribution in [0.4, 0.5) is 4.39 Å². The van der Waals surface area contributed by atoms with Gasteiger partial charge in [-0.05, 0) is 69.6 Å². The van der Waals surface area contributed by atoms with E-state index in [1.807, 2.05) is 12.1 Å². The van der Waals surface area contributed by atoms with Crippen molar-refractivity contribution in [3.8, 4) is 11.5 Å². The lowest BCUT2D eigenvalue weighted by molar-refractivity contribution is 0.189. The Bertz CT molecular complexity index is 1090. The molecule has 0 aliphatic carbocycles. The lowest BCUT2D eigenvalue weighted by Crippen LogP contribution is -2.34. The highest BCUT2D eigenvalue weighted by Gasteiger charge is 2.25. The fourth-order valence-corrected chi connectivity index (χ4v) is 4.20. The number of fused-ring (bicyclic) bond motifs is 1. The number of ether oxygens (including phenoxy) is 2. The number of benzene rings is 2. The zero-order chi connectivity index (χ0) is 22.5. The van der Waals surface area contributed by atoms with Crippen molar-refractivity contribution >= 4 is 16.7 Å². The Labute approximate surface area is 186 Å². The molecule has 0 atom stereocenters. The van der Waals surface area contributed by atoms with Gasteiger partial charge in [0, 0.05) is 29.5 Å². The second-order valence-corrected chi connectivity index (χ2v) is 8.08. The van der Waals surface area contributed by atoms with Gasteiger partial charge in [-0.3, -0.25) is 0 Å². The minimum Gasteiger partial charge on any atom is -0.493 e. The Balaban J connectivity index is 1.24. The lowest BCUT2D eigenvalue weighted by atomic mass is 9.91. The first-order valence-corrected chi connectivity index (χ1v) is 10.9. The standard InChI is InChI=1S/C24H28FN3O4/c1-16(26-29)18-4-7-21(23(14-18)30-2)31-13-3-10-28-11-8-17(9-12-28)24-20-6-5-19(25)15-22(20)32-27-24/h4-7,14-15,17,29H,3,8-13H2,1-2H3/b26-16+. The highest BCUT2D eigenvalue weighted by molar-refractivity contribution is 5.98. The van der Waals surface area contributed by atoms with Crippen LogP contribution in [-0.2, 0) is 0 Å². The third-order valence-corrected chi connectivity index (χ3v) is 6.04. The number of hydrogen-bond acceptors (Lipinski definition) is 7. The number of oxime groups is 1. The summed E-state index contributed by atoms with van der Waals surface area (Å²) in [4.78, 5) is 2.43. The molecule has 170 valence electrons. The zero-order valence-corrected chi connectivity index (χ0v) is 18.4. The van der Waals surface area contributed by atoms with Gasteiger partial charge in [-0.25, -0.2) is 4.39 Å². The molecule has 0 saturated carbocycles. The van der Waals surface area contributed by atoms with Crippen LogP contribution in [0.1, 0.15) is 43.4 Å². The molecule has 0 bridgehead atoms. The summed E-state index contributed by atoms with van der Waals surface area (Å²) < 4.78 is 30.0. The summed E-state index contributed by atoms with van der Waals surface area (Å²) in [6.45, 7) is 5.23. The molecular weight excluding hydrogens is 413 g/mol. The quantitative estimate of drug-likeness (QED) is 0.234. The number of nitrogens with zero attached hydrogens (tertiary/aromatic N) is 3. The molecular formula is C24H28FN3O4. The van der Waals surface area contributed by atoms with E-state index in [1.165, 1.54) is 12.1 Å². The molecule has 1 aromatic heterocycles. The summed E-state index contributed by atoms with van der Waals surface area (Å²) in [5.41, 5.74) is 2.76. The average molecular weight is 442 g/mol. The first-order valence-electron chi connectivity index (χ1n) is 10.9. The van der Waals surface area contributed by atoms with Gasteiger partial charge in [-0.1, -0.05) is 10.3 Å². The summed E-state index contributed by atoms with van der Waals surface area (Å²) >= 11 is 0. The number of rotatable bonds is 8. The molecule has 32 heavy (non-hydrogen) atoms. The van der Waals surface area contributed by atoms with E-state index in [4.69, 9.17) is 19.2 Å². The molecule has 1 saturated heterocycles. The van der Waals surface area contributed by atoms with E-state index in [0.29, 0.717) is 35.3 Å². The lowest BCUT2D eigenvalue weighted by Gasteiger charge is -2.31. The Hall–Kier alpha value is -3.13. The maximum atomic E-state index is 13.4. The Morgan fingerprint density at radius 1 is 1.22 bits per heavy atom. The monoisotopic (exact) mass is 441 g/mol. The van der Waals surface area contributed by atoms with E-state index >= 15 is 0 Å². The molecule has 1 aliphatic rings. The van der Waals surface area contributed by atoms with E-state index < -0.39 is 0 Å². The first-order chi connectivity index (χ1) is 15.6. The summed E-state index contributed by atoms with van der Waals surface area (Å²) in [6, 6.07) is 10.1. The SMILES string of the molecule is COc1cc(/C(C)=N/O)ccc1OCCCN1CCC(c2noc3cc(F)ccc23)CC1. The Kier molecular flexibility index (Phi) is 6.90. The number of halogens is 1. The molecule has 1 aliphatic heterocycles. The molecule has 8 heteroatoms. The predicted molar refractivity (Wildman–Crippen MR) is 119 cm³/mol. The van der Waals surface area contributed by atoms with Crippen LogP contribution >= 0.6 is 0 Å². The van der Waals surface area contributed by atoms with Crippen LogP contribution in [0.5, 0.6) is 11.5 Å². The minimum atomic E-state index is -0.306. The maximum Gasteiger partial charge on any atom is 0.170 e. The van der Waals surface area contributed by atoms with Gasteiger partial charge >= 0.3 is 0 Å². The molecule has 0 spiro atoms. The summed E-state index contributed by atoms with van der Waals surface area (Å²) in [6.07, 6.45) is 2.90. The Morgan fingerprint density at radius 3 is 2.78 bits per heavy atom. The molecule has 2 heterocycles. The van der Waals surface area contributed by atoms with E-state index in [-0.39, 0.29) is 5.82 Å². The van der Waals surface area contributed by atoms with Crippen molar-refractivity contribution in [2.45, 2.75) is 32.1 Å². The molecule has 7 nitrogen and oxygen atoms in total. The molecule has 3 aromatic rings. The van der Waals surface area contributed by atoms with Crippen molar-refractivity contribution in [2.24, 2.45) is 5.16 Å². The van der Waals surface area contributed by atoms with Crippen molar-refractivity contribution in [1.29, 1.82) is 0 Å². The minimum absolute atomic E-state index is 0.306. The van der Waals surface area contributed by atoms with Gasteiger partial charge in [0.1, 0.15) is 5.82 Å². The van der Waals surface area contributed by atoms with E-state index in [9.17, 15) is 4.39 Å². The number of methoxy groups -OCH3 is 1. The van der Waals surface area contributed by atoms with Gasteiger partial charge in [0.05, 0.1) is 25.1 Å². The van der Waals surface area contributed by atoms with Gasteiger partial charge in [0.2, 0.25) is 0 Å². The van der Waals surface area contributed by atoms with Gasteiger partial charge in [0.15, 0.2) is 17.1 Å². The fraction of sp³-hybridized carbons (Fsp3) is 0.417. The fourth-order valence-electron chi connectivity index (χ4n) is 4.20. The molecule has 1 fully saturated rings. The van der Waals surface area contributed by atoms with Gasteiger partial charge in [0.25, 0.3) is 0 Å². The van der Waals surface area contributed by atoms with Crippen LogP contribution in [0.3, 0.4) is 0 Å². The third-order valence-electron chi connectivity index (χ3n) is 6.04. The second kappa shape index (κ2) is 9.99. The van der Waals surface area contributed by atoms with Crippen LogP contribution in [-0.4, -0.2) is 54.3 Å². The largest absolute Gasteiger partial charge is 0.493 e.